The van der Waals surface area contributed by atoms with Crippen LogP contribution in [0.4, 0.5) is 35.1 Å². The van der Waals surface area contributed by atoms with Crippen molar-refractivity contribution in [2.45, 2.75) is 339 Å². The molecule has 24 heteroatoms. The van der Waals surface area contributed by atoms with E-state index in [9.17, 15) is 79.5 Å². The molecule has 0 amide bonds. The van der Waals surface area contributed by atoms with E-state index >= 15 is 0 Å². The van der Waals surface area contributed by atoms with E-state index < -0.39 is 92.9 Å². The zero-order chi connectivity index (χ0) is 65.9. The quantitative estimate of drug-likeness (QED) is 0.0568. The van der Waals surface area contributed by atoms with E-state index in [1.807, 2.05) is 90.0 Å². The molecule has 0 aromatic carbocycles. The summed E-state index contributed by atoms with van der Waals surface area (Å²) < 4.78 is 139. The van der Waals surface area contributed by atoms with Gasteiger partial charge in [0.1, 0.15) is 24.9 Å². The van der Waals surface area contributed by atoms with E-state index in [-0.39, 0.29) is 145 Å². The topological polar surface area (TPSA) is 231 Å². The van der Waals surface area contributed by atoms with Gasteiger partial charge in [-0.15, -0.1) is 0 Å². The minimum absolute atomic E-state index is 0. The van der Waals surface area contributed by atoms with Crippen molar-refractivity contribution in [3.8, 4) is 0 Å². The lowest BCUT2D eigenvalue weighted by Crippen LogP contribution is -2.63. The van der Waals surface area contributed by atoms with Crippen LogP contribution >= 0.6 is 0 Å². The standard InChI is InChI=1S/C19H33F3O4.C19H34O4.C12H17F5O4.C10H16O4.8CH4/c1-7-16(2,3)15(23)26-14-10-8-13(9-11-14)17(4,5)25-12-18(6,24)19(20,21)22;1-8-17(2,3)16(20)23-13-10-11-9-12(13)15(19(6,7)22)14(11)18(4,5)21;1-5-8(2,3)7(18)21-9(4)6-20-11(19,10(9,13)14)12(15,16)17;1-4-10(2,3)9(12)14-7-5-8(11)13-6-7;;;;;;;;/h13-14,24H,7-12H2,1-6H3;11-15,21-22H,8-10H2,1-7H3;19H,5-6H2,1-4H3;7H,4-6H2,1-3H3;8*1H4. The van der Waals surface area contributed by atoms with Gasteiger partial charge in [-0.2, -0.15) is 35.1 Å². The molecule has 2 heterocycles. The molecule has 5 fully saturated rings. The van der Waals surface area contributed by atoms with E-state index in [4.69, 9.17) is 23.7 Å². The zero-order valence-corrected chi connectivity index (χ0v) is 53.2. The van der Waals surface area contributed by atoms with Crippen LogP contribution in [0.5, 0.6) is 0 Å². The number of cyclic esters (lactones) is 1. The van der Waals surface area contributed by atoms with Gasteiger partial charge >= 0.3 is 53.9 Å². The highest BCUT2D eigenvalue weighted by Gasteiger charge is 2.83. The fraction of sp³-hybridized carbons (Fsp3) is 0.926. The fourth-order valence-corrected chi connectivity index (χ4v) is 10.4. The van der Waals surface area contributed by atoms with Crippen LogP contribution in [-0.4, -0.2) is 140 Å². The van der Waals surface area contributed by atoms with Crippen molar-refractivity contribution in [2.75, 3.05) is 19.8 Å². The molecule has 2 aliphatic heterocycles. The Balaban J connectivity index is -0.000000207. The number of carbonyl (C=O) groups excluding carboxylic acids is 5. The summed E-state index contributed by atoms with van der Waals surface area (Å²) in [5, 5.41) is 40.0. The summed E-state index contributed by atoms with van der Waals surface area (Å²) in [7, 11) is 0. The van der Waals surface area contributed by atoms with Gasteiger partial charge in [0.25, 0.3) is 0 Å². The van der Waals surface area contributed by atoms with Gasteiger partial charge in [0.05, 0.1) is 58.1 Å². The van der Waals surface area contributed by atoms with Crippen LogP contribution in [0.1, 0.15) is 269 Å². The molecule has 2 bridgehead atoms. The number of aliphatic hydroxyl groups is 4. The highest BCUT2D eigenvalue weighted by Crippen LogP contribution is 2.60. The molecule has 5 aliphatic rings. The van der Waals surface area contributed by atoms with Gasteiger partial charge in [0.2, 0.25) is 5.60 Å². The van der Waals surface area contributed by atoms with Crippen molar-refractivity contribution in [1.29, 1.82) is 0 Å². The Kier molecular flexibility index (Phi) is 40.2. The van der Waals surface area contributed by atoms with Gasteiger partial charge in [-0.1, -0.05) is 87.1 Å². The first-order valence-electron chi connectivity index (χ1n) is 29.2. The number of hydrogen-bond acceptors (Lipinski definition) is 16. The number of alkyl halides is 8. The highest BCUT2D eigenvalue weighted by atomic mass is 19.4. The van der Waals surface area contributed by atoms with Crippen molar-refractivity contribution < 1.29 is 113 Å². The van der Waals surface area contributed by atoms with Crippen LogP contribution in [-0.2, 0) is 57.1 Å². The lowest BCUT2D eigenvalue weighted by Gasteiger charge is -2.46. The van der Waals surface area contributed by atoms with Crippen LogP contribution in [0.3, 0.4) is 0 Å². The maximum Gasteiger partial charge on any atom is 0.449 e. The second-order valence-corrected chi connectivity index (χ2v) is 28.2. The van der Waals surface area contributed by atoms with Crippen LogP contribution in [0, 0.1) is 51.2 Å². The molecule has 3 aliphatic carbocycles. The largest absolute Gasteiger partial charge is 0.462 e. The van der Waals surface area contributed by atoms with E-state index in [1.54, 1.807) is 20.8 Å². The SMILES string of the molecule is C.C.C.C.C.C.C.C.CCC(C)(C)C(=O)OC1(C)COC(O)(C(F)(F)F)C1(F)F.CCC(C)(C)C(=O)OC1CC2CC1C(C(C)(C)O)C2C(C)(C)O.CCC(C)(C)C(=O)OC1CCC(C(C)(C)OCC(C)(O)C(F)(F)F)CC1.CCC(C)(C)C(=O)OC1COC(=O)C1. The van der Waals surface area contributed by atoms with Crippen LogP contribution in [0.25, 0.3) is 0 Å². The molecule has 0 spiro atoms. The fourth-order valence-electron chi connectivity index (χ4n) is 10.4. The molecule has 0 aromatic heterocycles. The van der Waals surface area contributed by atoms with Crippen molar-refractivity contribution >= 4 is 29.8 Å². The summed E-state index contributed by atoms with van der Waals surface area (Å²) >= 11 is 0. The van der Waals surface area contributed by atoms with E-state index in [1.165, 1.54) is 13.8 Å². The van der Waals surface area contributed by atoms with Gasteiger partial charge < -0.3 is 53.6 Å². The highest BCUT2D eigenvalue weighted by molar-refractivity contribution is 5.78. The molecule has 92 heavy (non-hydrogen) atoms. The molecule has 0 aromatic rings. The number of esters is 5. The normalized spacial score (nSPS) is 26.6. The molecule has 3 saturated carbocycles. The number of fused-ring (bicyclic) bond motifs is 2. The number of hydrogen-bond donors (Lipinski definition) is 4. The molecule has 9 unspecified atom stereocenters. The summed E-state index contributed by atoms with van der Waals surface area (Å²) in [6, 6.07) is 0. The first kappa shape index (κ1) is 102. The molecule has 4 N–H and O–H groups in total. The third kappa shape index (κ3) is 24.6. The molecule has 556 valence electrons. The summed E-state index contributed by atoms with van der Waals surface area (Å²) in [6.45, 7) is 31.7. The minimum atomic E-state index is -5.74. The maximum absolute atomic E-state index is 14.0. The van der Waals surface area contributed by atoms with Gasteiger partial charge in [-0.25, -0.2) is 0 Å². The Bertz CT molecular complexity index is 2220. The van der Waals surface area contributed by atoms with Gasteiger partial charge in [-0.05, 0) is 199 Å². The maximum atomic E-state index is 14.0. The number of halogens is 8. The smallest absolute Gasteiger partial charge is 0.449 e. The Labute approximate surface area is 550 Å². The van der Waals surface area contributed by atoms with E-state index in [0.717, 1.165) is 26.2 Å². The van der Waals surface area contributed by atoms with Crippen LogP contribution < -0.4 is 0 Å². The predicted molar refractivity (Wildman–Crippen MR) is 346 cm³/mol. The first-order valence-corrected chi connectivity index (χ1v) is 29.2. The van der Waals surface area contributed by atoms with Crippen molar-refractivity contribution in [1.82, 2.24) is 0 Å². The number of rotatable bonds is 18. The third-order valence-electron chi connectivity index (χ3n) is 18.3. The Morgan fingerprint density at radius 1 is 0.565 bits per heavy atom. The van der Waals surface area contributed by atoms with Gasteiger partial charge in [-0.3, -0.25) is 24.0 Å². The zero-order valence-electron chi connectivity index (χ0n) is 53.2. The number of carbonyl (C=O) groups is 5. The van der Waals surface area contributed by atoms with Crippen LogP contribution in [0.2, 0.25) is 0 Å². The summed E-state index contributed by atoms with van der Waals surface area (Å²) in [4.78, 5) is 58.7. The molecule has 5 rings (SSSR count). The van der Waals surface area contributed by atoms with Crippen molar-refractivity contribution in [3.63, 3.8) is 0 Å². The summed E-state index contributed by atoms with van der Waals surface area (Å²) in [5.74, 6) is -11.1. The summed E-state index contributed by atoms with van der Waals surface area (Å²) in [5.41, 5.74) is -10.9. The van der Waals surface area contributed by atoms with Crippen molar-refractivity contribution in [3.05, 3.63) is 0 Å². The molecule has 0 radical (unpaired) electrons. The summed E-state index contributed by atoms with van der Waals surface area (Å²) in [6.07, 6.45) is -4.11. The predicted octanol–water partition coefficient (Wildman–Crippen LogP) is 16.8. The lowest BCUT2D eigenvalue weighted by molar-refractivity contribution is -0.409. The van der Waals surface area contributed by atoms with Crippen molar-refractivity contribution in [2.24, 2.45) is 51.2 Å². The molecule has 9 atom stereocenters. The Morgan fingerprint density at radius 2 is 0.946 bits per heavy atom. The Hall–Kier alpha value is -3.45. The molecular formula is C68H132F8O16. The average molecular weight is 1360 g/mol. The second-order valence-electron chi connectivity index (χ2n) is 28.2. The van der Waals surface area contributed by atoms with E-state index in [0.29, 0.717) is 51.4 Å². The van der Waals surface area contributed by atoms with E-state index in [2.05, 4.69) is 9.47 Å². The first-order chi connectivity index (χ1) is 37.5. The molecule has 16 nitrogen and oxygen atoms in total. The number of ether oxygens (including phenoxy) is 7. The Morgan fingerprint density at radius 3 is 1.28 bits per heavy atom. The minimum Gasteiger partial charge on any atom is -0.462 e. The average Bonchev–Trinajstić information content (AvgIpc) is 1.55. The van der Waals surface area contributed by atoms with Gasteiger partial charge in [0, 0.05) is 5.92 Å². The van der Waals surface area contributed by atoms with Crippen LogP contribution in [0.15, 0.2) is 0 Å². The molecule has 2 saturated heterocycles. The van der Waals surface area contributed by atoms with Gasteiger partial charge in [0.15, 0.2) is 5.60 Å². The second kappa shape index (κ2) is 36.2. The lowest BCUT2D eigenvalue weighted by atomic mass is 9.65. The monoisotopic (exact) mass is 1360 g/mol. The molecular weight excluding hydrogens is 1220 g/mol. The third-order valence-corrected chi connectivity index (χ3v) is 18.3.